The molecule has 8 heteroatoms. The van der Waals surface area contributed by atoms with Crippen LogP contribution in [0.2, 0.25) is 0 Å². The van der Waals surface area contributed by atoms with Gasteiger partial charge in [-0.05, 0) is 151 Å². The maximum absolute atomic E-state index is 6.92. The second-order valence-electron chi connectivity index (χ2n) is 36.1. The SMILES string of the molecule is C=Cc1cc(OCCCCCCCC)c(/C=C/c2cccc(/C=C/c3cc(OCCCCCCCC)c(/C=C/c4cccc(/C=C/c5cc(OCCCCCCCC)c(/C=C/c6cccc(/C=C/c7cc(OCCCCCCCC)c(C=C)cc7OCCCCCCCC)c6)cc5OCCCCCCCC)c4)cc3OCCCCCCCC)c2)cc1OCCCCCCCC. The highest BCUT2D eigenvalue weighted by atomic mass is 16.5. The summed E-state index contributed by atoms with van der Waals surface area (Å²) in [5.41, 5.74) is 14.4. The van der Waals surface area contributed by atoms with E-state index >= 15 is 0 Å². The molecule has 0 saturated heterocycles. The lowest BCUT2D eigenvalue weighted by Crippen LogP contribution is -2.03. The Hall–Kier alpha value is -9.14. The number of hydrogen-bond donors (Lipinski definition) is 0. The minimum atomic E-state index is 0.637. The molecule has 0 aliphatic heterocycles. The van der Waals surface area contributed by atoms with Gasteiger partial charge in [0.1, 0.15) is 46.0 Å². The fourth-order valence-electron chi connectivity index (χ4n) is 16.4. The van der Waals surface area contributed by atoms with Gasteiger partial charge in [-0.1, -0.05) is 465 Å². The molecule has 8 nitrogen and oxygen atoms in total. The second kappa shape index (κ2) is 70.6. The smallest absolute Gasteiger partial charge is 0.127 e. The Morgan fingerprint density at radius 1 is 0.162 bits per heavy atom. The average Bonchev–Trinajstić information content (AvgIpc) is 0.822. The summed E-state index contributed by atoms with van der Waals surface area (Å²) in [6.45, 7) is 31.9. The van der Waals surface area contributed by atoms with Gasteiger partial charge in [0.15, 0.2) is 0 Å². The first kappa shape index (κ1) is 108. The van der Waals surface area contributed by atoms with E-state index in [1.807, 2.05) is 12.2 Å². The number of benzene rings is 7. The van der Waals surface area contributed by atoms with E-state index in [9.17, 15) is 0 Å². The average molecular weight is 1770 g/mol. The number of ether oxygens (including phenoxy) is 8. The van der Waals surface area contributed by atoms with E-state index in [4.69, 9.17) is 37.9 Å². The minimum Gasteiger partial charge on any atom is -0.493 e. The van der Waals surface area contributed by atoms with Crippen LogP contribution >= 0.6 is 0 Å². The van der Waals surface area contributed by atoms with Crippen molar-refractivity contribution in [3.63, 3.8) is 0 Å². The molecule has 0 saturated carbocycles. The fourth-order valence-corrected chi connectivity index (χ4v) is 16.4. The first-order valence-corrected chi connectivity index (χ1v) is 52.5. The van der Waals surface area contributed by atoms with E-state index in [1.165, 1.54) is 231 Å². The standard InChI is InChI=1S/C122H174O8/c1-11-21-29-37-45-53-82-123-115-95-109(117(93-107(115)19-9)125-84-55-47-39-31-23-13-3)76-70-101-64-61-66-103(90-101)72-78-111-97-121(129-88-59-51-43-35-27-17-7)113(99-119(111)127-86-57-49-41-33-25-15-5)80-74-105-68-63-69-106(92-105)75-81-114-100-120(128-87-58-50-42-34-26-16-6)112(98-122(114)130-89-60-52-44-36-28-18-8)79-73-104-67-62-65-102(91-104)71-77-110-96-116(124-83-54-46-38-30-22-12-2)108(20-10)94-118(110)126-85-56-48-40-32-24-14-4/h19-20,61-81,90-100H,9-18,21-60,82-89H2,1-8H3/b76-70+,77-71+,78-72+,79-73+,80-74+,81-75+. The highest BCUT2D eigenvalue weighted by Crippen LogP contribution is 2.39. The Balaban J connectivity index is 1.21. The van der Waals surface area contributed by atoms with Crippen molar-refractivity contribution in [3.05, 3.63) is 212 Å². The van der Waals surface area contributed by atoms with Crippen molar-refractivity contribution >= 4 is 85.1 Å². The van der Waals surface area contributed by atoms with Crippen molar-refractivity contribution in [3.8, 4) is 46.0 Å². The zero-order valence-corrected chi connectivity index (χ0v) is 82.9. The first-order chi connectivity index (χ1) is 64.2. The van der Waals surface area contributed by atoms with Gasteiger partial charge in [0.25, 0.3) is 0 Å². The topological polar surface area (TPSA) is 73.8 Å². The van der Waals surface area contributed by atoms with Gasteiger partial charge in [-0.2, -0.15) is 0 Å². The first-order valence-electron chi connectivity index (χ1n) is 52.5. The van der Waals surface area contributed by atoms with Gasteiger partial charge in [-0.3, -0.25) is 0 Å². The number of unbranched alkanes of at least 4 members (excludes halogenated alkanes) is 40. The molecule has 7 aromatic carbocycles. The Morgan fingerprint density at radius 3 is 0.438 bits per heavy atom. The summed E-state index contributed by atoms with van der Waals surface area (Å²) in [6, 6.07) is 43.7. The van der Waals surface area contributed by atoms with Crippen LogP contribution in [0.3, 0.4) is 0 Å². The van der Waals surface area contributed by atoms with Crippen LogP contribution in [0.25, 0.3) is 85.1 Å². The zero-order chi connectivity index (χ0) is 92.0. The quantitative estimate of drug-likeness (QED) is 0.0276. The summed E-state index contributed by atoms with van der Waals surface area (Å²) in [5.74, 6) is 6.82. The lowest BCUT2D eigenvalue weighted by molar-refractivity contribution is 0.295. The molecule has 0 N–H and O–H groups in total. The van der Waals surface area contributed by atoms with Crippen molar-refractivity contribution in [1.82, 2.24) is 0 Å². The zero-order valence-electron chi connectivity index (χ0n) is 82.9. The molecule has 0 atom stereocenters. The second-order valence-corrected chi connectivity index (χ2v) is 36.1. The third-order valence-electron chi connectivity index (χ3n) is 24.5. The van der Waals surface area contributed by atoms with Crippen LogP contribution in [0, 0.1) is 0 Å². The maximum atomic E-state index is 6.92. The summed E-state index contributed by atoms with van der Waals surface area (Å²) in [4.78, 5) is 0. The summed E-state index contributed by atoms with van der Waals surface area (Å²) in [5, 5.41) is 0. The molecule has 0 unspecified atom stereocenters. The largest absolute Gasteiger partial charge is 0.493 e. The Labute approximate surface area is 792 Å². The lowest BCUT2D eigenvalue weighted by Gasteiger charge is -2.16. The van der Waals surface area contributed by atoms with Crippen LogP contribution in [-0.4, -0.2) is 52.9 Å². The predicted molar refractivity (Wildman–Crippen MR) is 570 cm³/mol. The molecule has 0 bridgehead atoms. The van der Waals surface area contributed by atoms with E-state index in [1.54, 1.807) is 0 Å². The Bertz CT molecular complexity index is 4100. The van der Waals surface area contributed by atoms with Crippen LogP contribution in [-0.2, 0) is 0 Å². The molecular weight excluding hydrogens is 1590 g/mol. The van der Waals surface area contributed by atoms with Gasteiger partial charge in [0.05, 0.1) is 52.9 Å². The molecular formula is C122H174O8. The van der Waals surface area contributed by atoms with E-state index in [0.717, 1.165) is 201 Å². The molecule has 0 aromatic heterocycles. The summed E-state index contributed by atoms with van der Waals surface area (Å²) in [7, 11) is 0. The summed E-state index contributed by atoms with van der Waals surface area (Å²) < 4.78 is 54.0. The fraction of sp³-hybridized carbons (Fsp3) is 0.525. The molecule has 130 heavy (non-hydrogen) atoms. The van der Waals surface area contributed by atoms with E-state index in [-0.39, 0.29) is 0 Å². The predicted octanol–water partition coefficient (Wildman–Crippen LogP) is 37.9. The molecule has 0 fully saturated rings. The summed E-state index contributed by atoms with van der Waals surface area (Å²) >= 11 is 0. The summed E-state index contributed by atoms with van der Waals surface area (Å²) in [6.07, 6.45) is 87.8. The molecule has 710 valence electrons. The molecule has 0 spiro atoms. The molecule has 7 aromatic rings. The Kier molecular flexibility index (Phi) is 58.6. The van der Waals surface area contributed by atoms with E-state index < -0.39 is 0 Å². The van der Waals surface area contributed by atoms with Gasteiger partial charge in [-0.25, -0.2) is 0 Å². The normalized spacial score (nSPS) is 11.8. The van der Waals surface area contributed by atoms with Crippen molar-refractivity contribution < 1.29 is 37.9 Å². The van der Waals surface area contributed by atoms with Crippen LogP contribution in [0.4, 0.5) is 0 Å². The molecule has 0 radical (unpaired) electrons. The highest BCUT2D eigenvalue weighted by Gasteiger charge is 2.17. The third-order valence-corrected chi connectivity index (χ3v) is 24.5. The lowest BCUT2D eigenvalue weighted by atomic mass is 10.0. The number of rotatable bonds is 78. The maximum Gasteiger partial charge on any atom is 0.127 e. The van der Waals surface area contributed by atoms with E-state index in [0.29, 0.717) is 52.9 Å². The Morgan fingerprint density at radius 2 is 0.292 bits per heavy atom. The third kappa shape index (κ3) is 45.3. The van der Waals surface area contributed by atoms with Crippen molar-refractivity contribution in [2.24, 2.45) is 0 Å². The van der Waals surface area contributed by atoms with Crippen molar-refractivity contribution in [2.75, 3.05) is 52.9 Å². The van der Waals surface area contributed by atoms with Gasteiger partial charge >= 0.3 is 0 Å². The van der Waals surface area contributed by atoms with Crippen molar-refractivity contribution in [2.45, 2.75) is 364 Å². The van der Waals surface area contributed by atoms with Crippen LogP contribution in [0.1, 0.15) is 441 Å². The molecule has 0 aliphatic rings. The monoisotopic (exact) mass is 1770 g/mol. The van der Waals surface area contributed by atoms with E-state index in [2.05, 4.69) is 263 Å². The van der Waals surface area contributed by atoms with Gasteiger partial charge in [-0.15, -0.1) is 0 Å². The molecule has 7 rings (SSSR count). The minimum absolute atomic E-state index is 0.637. The van der Waals surface area contributed by atoms with Crippen LogP contribution in [0.15, 0.2) is 134 Å². The van der Waals surface area contributed by atoms with Crippen LogP contribution in [0.5, 0.6) is 46.0 Å². The molecule has 0 amide bonds. The highest BCUT2D eigenvalue weighted by molar-refractivity contribution is 5.84. The van der Waals surface area contributed by atoms with Gasteiger partial charge in [0.2, 0.25) is 0 Å². The van der Waals surface area contributed by atoms with Crippen LogP contribution < -0.4 is 37.9 Å². The molecule has 0 heterocycles. The number of hydrogen-bond acceptors (Lipinski definition) is 8. The van der Waals surface area contributed by atoms with Gasteiger partial charge < -0.3 is 37.9 Å². The van der Waals surface area contributed by atoms with Gasteiger partial charge in [0, 0.05) is 44.5 Å². The molecule has 0 aliphatic carbocycles. The van der Waals surface area contributed by atoms with Crippen molar-refractivity contribution in [1.29, 1.82) is 0 Å².